The van der Waals surface area contributed by atoms with Gasteiger partial charge in [-0.15, -0.1) is 0 Å². The summed E-state index contributed by atoms with van der Waals surface area (Å²) in [7, 11) is 1.63. The van der Waals surface area contributed by atoms with Crippen molar-refractivity contribution in [3.8, 4) is 17.1 Å². The van der Waals surface area contributed by atoms with E-state index in [1.54, 1.807) is 31.8 Å². The normalized spacial score (nSPS) is 13.8. The summed E-state index contributed by atoms with van der Waals surface area (Å²) in [6.45, 7) is 7.14. The van der Waals surface area contributed by atoms with Crippen LogP contribution in [0.4, 0.5) is 11.4 Å². The summed E-state index contributed by atoms with van der Waals surface area (Å²) in [5, 5.41) is 8.65. The first-order chi connectivity index (χ1) is 17.0. The number of anilines is 2. The lowest BCUT2D eigenvalue weighted by Gasteiger charge is -2.37. The molecule has 0 saturated carbocycles. The number of hydrogen-bond donors (Lipinski definition) is 0. The van der Waals surface area contributed by atoms with Crippen LogP contribution in [0.5, 0.6) is 5.88 Å². The van der Waals surface area contributed by atoms with Crippen LogP contribution < -0.4 is 20.1 Å². The summed E-state index contributed by atoms with van der Waals surface area (Å²) < 4.78 is 12.3. The Morgan fingerprint density at radius 1 is 1.03 bits per heavy atom. The fourth-order valence-electron chi connectivity index (χ4n) is 4.26. The average molecular weight is 474 g/mol. The maximum absolute atomic E-state index is 13.0. The molecule has 180 valence electrons. The second kappa shape index (κ2) is 9.57. The molecule has 10 nitrogen and oxygen atoms in total. The quantitative estimate of drug-likeness (QED) is 0.418. The Balaban J connectivity index is 1.30. The van der Waals surface area contributed by atoms with Crippen molar-refractivity contribution in [3.05, 3.63) is 76.3 Å². The first kappa shape index (κ1) is 22.6. The molecule has 0 atom stereocenters. The number of methoxy groups -OCH3 is 1. The van der Waals surface area contributed by atoms with E-state index >= 15 is 0 Å². The SMILES string of the molecule is COc1ncccc1N1CCN(c2cnn(Cc3c(-c4ccc(C)nc4)noc3C)c(=O)c2)CC1. The molecule has 0 bridgehead atoms. The van der Waals surface area contributed by atoms with E-state index in [9.17, 15) is 4.79 Å². The number of piperazine rings is 1. The molecular weight excluding hydrogens is 446 g/mol. The zero-order valence-corrected chi connectivity index (χ0v) is 20.0. The molecule has 5 rings (SSSR count). The van der Waals surface area contributed by atoms with Crippen molar-refractivity contribution in [2.24, 2.45) is 0 Å². The molecule has 0 aliphatic carbocycles. The van der Waals surface area contributed by atoms with Crippen molar-refractivity contribution in [2.45, 2.75) is 20.4 Å². The zero-order chi connectivity index (χ0) is 24.4. The highest BCUT2D eigenvalue weighted by molar-refractivity contribution is 5.62. The molecule has 35 heavy (non-hydrogen) atoms. The highest BCUT2D eigenvalue weighted by Gasteiger charge is 2.22. The van der Waals surface area contributed by atoms with E-state index in [1.807, 2.05) is 38.1 Å². The third-order valence-corrected chi connectivity index (χ3v) is 6.26. The Kier molecular flexibility index (Phi) is 6.17. The summed E-state index contributed by atoms with van der Waals surface area (Å²) in [6.07, 6.45) is 5.23. The van der Waals surface area contributed by atoms with E-state index in [4.69, 9.17) is 9.26 Å². The van der Waals surface area contributed by atoms with Crippen LogP contribution in [0.25, 0.3) is 11.3 Å². The number of hydrogen-bond acceptors (Lipinski definition) is 9. The van der Waals surface area contributed by atoms with Gasteiger partial charge in [0.25, 0.3) is 5.56 Å². The van der Waals surface area contributed by atoms with Gasteiger partial charge in [-0.3, -0.25) is 9.78 Å². The van der Waals surface area contributed by atoms with Gasteiger partial charge in [0.15, 0.2) is 0 Å². The van der Waals surface area contributed by atoms with Gasteiger partial charge in [0.1, 0.15) is 11.5 Å². The molecule has 1 aliphatic heterocycles. The topological polar surface area (TPSA) is 102 Å². The molecule has 0 radical (unpaired) electrons. The van der Waals surface area contributed by atoms with Gasteiger partial charge in [0.05, 0.1) is 31.2 Å². The third-order valence-electron chi connectivity index (χ3n) is 6.26. The average Bonchev–Trinajstić information content (AvgIpc) is 3.25. The number of nitrogens with zero attached hydrogens (tertiary/aromatic N) is 7. The predicted octanol–water partition coefficient (Wildman–Crippen LogP) is 2.69. The fraction of sp³-hybridized carbons (Fsp3) is 0.320. The Labute approximate surface area is 202 Å². The van der Waals surface area contributed by atoms with Gasteiger partial charge in [-0.05, 0) is 38.1 Å². The van der Waals surface area contributed by atoms with Crippen LogP contribution in [0, 0.1) is 13.8 Å². The molecule has 1 fully saturated rings. The van der Waals surface area contributed by atoms with E-state index in [1.165, 1.54) is 4.68 Å². The van der Waals surface area contributed by atoms with Crippen molar-refractivity contribution in [1.82, 2.24) is 24.9 Å². The monoisotopic (exact) mass is 473 g/mol. The maximum atomic E-state index is 13.0. The number of ether oxygens (including phenoxy) is 1. The predicted molar refractivity (Wildman–Crippen MR) is 132 cm³/mol. The van der Waals surface area contributed by atoms with Crippen LogP contribution in [0.1, 0.15) is 17.0 Å². The molecule has 0 spiro atoms. The molecule has 5 heterocycles. The number of rotatable bonds is 6. The lowest BCUT2D eigenvalue weighted by atomic mass is 10.1. The molecule has 1 aliphatic rings. The number of aromatic nitrogens is 5. The van der Waals surface area contributed by atoms with Crippen molar-refractivity contribution >= 4 is 11.4 Å². The smallest absolute Gasteiger partial charge is 0.269 e. The summed E-state index contributed by atoms with van der Waals surface area (Å²) in [6, 6.07) is 9.43. The first-order valence-electron chi connectivity index (χ1n) is 11.5. The Morgan fingerprint density at radius 2 is 1.83 bits per heavy atom. The number of aryl methyl sites for hydroxylation is 2. The van der Waals surface area contributed by atoms with Crippen molar-refractivity contribution in [3.63, 3.8) is 0 Å². The van der Waals surface area contributed by atoms with Crippen LogP contribution in [-0.2, 0) is 6.54 Å². The highest BCUT2D eigenvalue weighted by atomic mass is 16.5. The van der Waals surface area contributed by atoms with Crippen molar-refractivity contribution in [2.75, 3.05) is 43.1 Å². The molecule has 0 aromatic carbocycles. The zero-order valence-electron chi connectivity index (χ0n) is 20.0. The van der Waals surface area contributed by atoms with E-state index in [2.05, 4.69) is 30.0 Å². The third kappa shape index (κ3) is 4.59. The van der Waals surface area contributed by atoms with Crippen LogP contribution in [0.2, 0.25) is 0 Å². The van der Waals surface area contributed by atoms with E-state index in [0.29, 0.717) is 17.3 Å². The summed E-state index contributed by atoms with van der Waals surface area (Å²) in [5.74, 6) is 1.27. The largest absolute Gasteiger partial charge is 0.480 e. The van der Waals surface area contributed by atoms with Crippen LogP contribution in [-0.4, -0.2) is 58.2 Å². The van der Waals surface area contributed by atoms with E-state index in [0.717, 1.165) is 54.4 Å². The minimum Gasteiger partial charge on any atom is -0.480 e. The van der Waals surface area contributed by atoms with Gasteiger partial charge in [-0.1, -0.05) is 5.16 Å². The second-order valence-electron chi connectivity index (χ2n) is 8.47. The molecule has 0 N–H and O–H groups in total. The Bertz CT molecular complexity index is 1370. The van der Waals surface area contributed by atoms with Crippen molar-refractivity contribution in [1.29, 1.82) is 0 Å². The Morgan fingerprint density at radius 3 is 2.54 bits per heavy atom. The first-order valence-corrected chi connectivity index (χ1v) is 11.5. The molecule has 10 heteroatoms. The second-order valence-corrected chi connectivity index (χ2v) is 8.47. The number of pyridine rings is 2. The molecule has 0 amide bonds. The van der Waals surface area contributed by atoms with Gasteiger partial charge in [-0.2, -0.15) is 5.10 Å². The lowest BCUT2D eigenvalue weighted by Crippen LogP contribution is -2.47. The van der Waals surface area contributed by atoms with E-state index in [-0.39, 0.29) is 12.1 Å². The summed E-state index contributed by atoms with van der Waals surface area (Å²) in [5.41, 5.74) is 4.87. The van der Waals surface area contributed by atoms with Gasteiger partial charge < -0.3 is 19.1 Å². The summed E-state index contributed by atoms with van der Waals surface area (Å²) >= 11 is 0. The molecule has 4 aromatic heterocycles. The highest BCUT2D eigenvalue weighted by Crippen LogP contribution is 2.27. The summed E-state index contributed by atoms with van der Waals surface area (Å²) in [4.78, 5) is 26.0. The molecule has 1 saturated heterocycles. The van der Waals surface area contributed by atoms with Crippen LogP contribution in [0.15, 0.2) is 58.2 Å². The van der Waals surface area contributed by atoms with Gasteiger partial charge in [-0.25, -0.2) is 9.67 Å². The Hall–Kier alpha value is -4.21. The maximum Gasteiger partial charge on any atom is 0.269 e. The van der Waals surface area contributed by atoms with Crippen molar-refractivity contribution < 1.29 is 9.26 Å². The molecule has 4 aromatic rings. The van der Waals surface area contributed by atoms with E-state index < -0.39 is 0 Å². The van der Waals surface area contributed by atoms with Gasteiger partial charge >= 0.3 is 0 Å². The van der Waals surface area contributed by atoms with Crippen LogP contribution >= 0.6 is 0 Å². The van der Waals surface area contributed by atoms with Gasteiger partial charge in [0.2, 0.25) is 5.88 Å². The van der Waals surface area contributed by atoms with Gasteiger partial charge in [0, 0.05) is 61.5 Å². The fourth-order valence-corrected chi connectivity index (χ4v) is 4.26. The minimum absolute atomic E-state index is 0.174. The lowest BCUT2D eigenvalue weighted by molar-refractivity contribution is 0.397. The molecular formula is C25H27N7O3. The van der Waals surface area contributed by atoms with Crippen LogP contribution in [0.3, 0.4) is 0 Å². The standard InChI is InChI=1S/C25H27N7O3/c1-17-6-7-19(14-27-17)24-21(18(2)35-29-24)16-32-23(33)13-20(15-28-32)30-9-11-31(12-10-30)22-5-4-8-26-25(22)34-3/h4-8,13-15H,9-12,16H2,1-3H3. The molecule has 0 unspecified atom stereocenters. The minimum atomic E-state index is -0.174.